The van der Waals surface area contributed by atoms with Crippen LogP contribution in [-0.4, -0.2) is 36.1 Å². The minimum Gasteiger partial charge on any atom is -0.341 e. The van der Waals surface area contributed by atoms with Crippen LogP contribution in [0, 0.1) is 5.92 Å². The number of halogens is 1. The third kappa shape index (κ3) is 3.92. The summed E-state index contributed by atoms with van der Waals surface area (Å²) >= 11 is 3.38. The van der Waals surface area contributed by atoms with Crippen molar-refractivity contribution < 1.29 is 0 Å². The lowest BCUT2D eigenvalue weighted by Crippen LogP contribution is -2.37. The Labute approximate surface area is 117 Å². The van der Waals surface area contributed by atoms with Crippen molar-refractivity contribution in [2.24, 2.45) is 5.92 Å². The molecule has 18 heavy (non-hydrogen) atoms. The zero-order valence-corrected chi connectivity index (χ0v) is 12.5. The van der Waals surface area contributed by atoms with Crippen LogP contribution in [0.5, 0.6) is 0 Å². The van der Waals surface area contributed by atoms with Crippen molar-refractivity contribution in [2.45, 2.75) is 26.2 Å². The van der Waals surface area contributed by atoms with Gasteiger partial charge in [0.05, 0.1) is 4.47 Å². The van der Waals surface area contributed by atoms with Gasteiger partial charge in [0.1, 0.15) is 0 Å². The van der Waals surface area contributed by atoms with Gasteiger partial charge in [-0.15, -0.1) is 0 Å². The first-order valence-corrected chi connectivity index (χ1v) is 7.52. The fraction of sp³-hybridized carbons (Fsp3) is 0.692. The number of rotatable bonds is 5. The lowest BCUT2D eigenvalue weighted by Gasteiger charge is -2.29. The normalized spacial score (nSPS) is 16.8. The maximum Gasteiger partial charge on any atom is 0.225 e. The predicted octanol–water partition coefficient (Wildman–Crippen LogP) is 2.46. The van der Waals surface area contributed by atoms with E-state index in [-0.39, 0.29) is 0 Å². The van der Waals surface area contributed by atoms with Gasteiger partial charge in [-0.1, -0.05) is 6.92 Å². The predicted molar refractivity (Wildman–Crippen MR) is 77.8 cm³/mol. The summed E-state index contributed by atoms with van der Waals surface area (Å²) in [5.74, 6) is 1.63. The molecule has 0 amide bonds. The number of hydrogen-bond donors (Lipinski definition) is 1. The summed E-state index contributed by atoms with van der Waals surface area (Å²) in [4.78, 5) is 11.2. The Balaban J connectivity index is 2.00. The summed E-state index contributed by atoms with van der Waals surface area (Å²) in [6, 6.07) is 0. The lowest BCUT2D eigenvalue weighted by atomic mass is 9.97. The quantitative estimate of drug-likeness (QED) is 0.906. The second kappa shape index (κ2) is 7.04. The first kappa shape index (κ1) is 13.7. The minimum atomic E-state index is 0.769. The van der Waals surface area contributed by atoms with Gasteiger partial charge >= 0.3 is 0 Å². The van der Waals surface area contributed by atoms with Crippen LogP contribution in [0.1, 0.15) is 26.2 Å². The highest BCUT2D eigenvalue weighted by Gasteiger charge is 2.18. The molecule has 1 fully saturated rings. The summed E-state index contributed by atoms with van der Waals surface area (Å²) < 4.78 is 0.935. The Morgan fingerprint density at radius 1 is 1.33 bits per heavy atom. The number of anilines is 1. The third-order valence-corrected chi connectivity index (χ3v) is 3.73. The Morgan fingerprint density at radius 2 is 2.00 bits per heavy atom. The number of nitrogens with zero attached hydrogens (tertiary/aromatic N) is 3. The zero-order valence-electron chi connectivity index (χ0n) is 10.9. The van der Waals surface area contributed by atoms with E-state index in [4.69, 9.17) is 0 Å². The second-order valence-corrected chi connectivity index (χ2v) is 5.76. The summed E-state index contributed by atoms with van der Waals surface area (Å²) in [7, 11) is 0. The molecule has 0 radical (unpaired) electrons. The van der Waals surface area contributed by atoms with Crippen molar-refractivity contribution in [3.63, 3.8) is 0 Å². The minimum absolute atomic E-state index is 0.769. The standard InChI is InChI=1S/C13H21BrN4/c1-2-7-18(10-11-3-5-15-6-4-11)13-16-8-12(14)9-17-13/h8-9,11,15H,2-7,10H2,1H3. The van der Waals surface area contributed by atoms with Crippen LogP contribution in [0.3, 0.4) is 0 Å². The number of aromatic nitrogens is 2. The van der Waals surface area contributed by atoms with Gasteiger partial charge < -0.3 is 10.2 Å². The van der Waals surface area contributed by atoms with Crippen LogP contribution in [0.4, 0.5) is 5.95 Å². The van der Waals surface area contributed by atoms with Gasteiger partial charge in [0, 0.05) is 25.5 Å². The molecule has 0 aliphatic carbocycles. The fourth-order valence-electron chi connectivity index (χ4n) is 2.39. The molecular weight excluding hydrogens is 292 g/mol. The molecule has 4 nitrogen and oxygen atoms in total. The van der Waals surface area contributed by atoms with E-state index in [2.05, 4.69) is 43.0 Å². The molecule has 5 heteroatoms. The Bertz CT molecular complexity index is 349. The van der Waals surface area contributed by atoms with Gasteiger partial charge in [-0.3, -0.25) is 0 Å². The number of nitrogens with one attached hydrogen (secondary N) is 1. The van der Waals surface area contributed by atoms with E-state index in [9.17, 15) is 0 Å². The third-order valence-electron chi connectivity index (χ3n) is 3.32. The van der Waals surface area contributed by atoms with Gasteiger partial charge in [-0.05, 0) is 54.2 Å². The lowest BCUT2D eigenvalue weighted by molar-refractivity contribution is 0.372. The van der Waals surface area contributed by atoms with Crippen molar-refractivity contribution in [1.82, 2.24) is 15.3 Å². The molecule has 2 heterocycles. The van der Waals surface area contributed by atoms with E-state index in [1.165, 1.54) is 12.8 Å². The van der Waals surface area contributed by atoms with E-state index in [1.54, 1.807) is 0 Å². The van der Waals surface area contributed by atoms with E-state index >= 15 is 0 Å². The highest BCUT2D eigenvalue weighted by atomic mass is 79.9. The second-order valence-electron chi connectivity index (χ2n) is 4.84. The molecule has 0 unspecified atom stereocenters. The molecule has 0 atom stereocenters. The Kier molecular flexibility index (Phi) is 5.38. The Morgan fingerprint density at radius 3 is 2.61 bits per heavy atom. The summed E-state index contributed by atoms with van der Waals surface area (Å²) in [5.41, 5.74) is 0. The fourth-order valence-corrected chi connectivity index (χ4v) is 2.59. The first-order valence-electron chi connectivity index (χ1n) is 6.72. The maximum atomic E-state index is 4.42. The largest absolute Gasteiger partial charge is 0.341 e. The monoisotopic (exact) mass is 312 g/mol. The molecule has 1 saturated heterocycles. The molecule has 0 saturated carbocycles. The molecule has 0 bridgehead atoms. The summed E-state index contributed by atoms with van der Waals surface area (Å²) in [5, 5.41) is 3.41. The average Bonchev–Trinajstić information content (AvgIpc) is 2.40. The van der Waals surface area contributed by atoms with E-state index in [1.807, 2.05) is 12.4 Å². The molecule has 1 aliphatic rings. The first-order chi connectivity index (χ1) is 8.79. The Hall–Kier alpha value is -0.680. The molecule has 1 aromatic rings. The van der Waals surface area contributed by atoms with E-state index < -0.39 is 0 Å². The SMILES string of the molecule is CCCN(CC1CCNCC1)c1ncc(Br)cn1. The van der Waals surface area contributed by atoms with Crippen molar-refractivity contribution in [3.05, 3.63) is 16.9 Å². The summed E-state index contributed by atoms with van der Waals surface area (Å²) in [6.07, 6.45) is 7.30. The van der Waals surface area contributed by atoms with Crippen LogP contribution in [0.25, 0.3) is 0 Å². The van der Waals surface area contributed by atoms with Gasteiger partial charge in [0.15, 0.2) is 0 Å². The molecular formula is C13H21BrN4. The summed E-state index contributed by atoms with van der Waals surface area (Å²) in [6.45, 7) is 6.61. The van der Waals surface area contributed by atoms with Crippen molar-refractivity contribution in [1.29, 1.82) is 0 Å². The smallest absolute Gasteiger partial charge is 0.225 e. The number of hydrogen-bond acceptors (Lipinski definition) is 4. The molecule has 0 aromatic carbocycles. The molecule has 1 aromatic heterocycles. The van der Waals surface area contributed by atoms with E-state index in [0.29, 0.717) is 0 Å². The van der Waals surface area contributed by atoms with Crippen molar-refractivity contribution in [2.75, 3.05) is 31.1 Å². The van der Waals surface area contributed by atoms with Gasteiger partial charge in [-0.25, -0.2) is 9.97 Å². The average molecular weight is 313 g/mol. The molecule has 1 aliphatic heterocycles. The van der Waals surface area contributed by atoms with Gasteiger partial charge in [0.25, 0.3) is 0 Å². The van der Waals surface area contributed by atoms with Crippen molar-refractivity contribution >= 4 is 21.9 Å². The van der Waals surface area contributed by atoms with Crippen LogP contribution < -0.4 is 10.2 Å². The van der Waals surface area contributed by atoms with Gasteiger partial charge in [-0.2, -0.15) is 0 Å². The zero-order chi connectivity index (χ0) is 12.8. The van der Waals surface area contributed by atoms with Crippen LogP contribution >= 0.6 is 15.9 Å². The van der Waals surface area contributed by atoms with E-state index in [0.717, 1.165) is 48.9 Å². The van der Waals surface area contributed by atoms with Crippen LogP contribution in [0.2, 0.25) is 0 Å². The molecule has 1 N–H and O–H groups in total. The highest BCUT2D eigenvalue weighted by molar-refractivity contribution is 9.10. The molecule has 2 rings (SSSR count). The number of piperidine rings is 1. The molecule has 0 spiro atoms. The van der Waals surface area contributed by atoms with Gasteiger partial charge in [0.2, 0.25) is 5.95 Å². The topological polar surface area (TPSA) is 41.0 Å². The highest BCUT2D eigenvalue weighted by Crippen LogP contribution is 2.18. The van der Waals surface area contributed by atoms with Crippen LogP contribution in [0.15, 0.2) is 16.9 Å². The van der Waals surface area contributed by atoms with Crippen LogP contribution in [-0.2, 0) is 0 Å². The molecule has 100 valence electrons. The van der Waals surface area contributed by atoms with Crippen molar-refractivity contribution in [3.8, 4) is 0 Å². The maximum absolute atomic E-state index is 4.42.